The molecule has 0 heterocycles. The predicted octanol–water partition coefficient (Wildman–Crippen LogP) is 0.955. The monoisotopic (exact) mass is 245 g/mol. The molecular weight excluding hydrogens is 237 g/mol. The second-order valence-corrected chi connectivity index (χ2v) is 3.33. The highest BCUT2D eigenvalue weighted by Crippen LogP contribution is 2.14. The third-order valence-corrected chi connectivity index (χ3v) is 1.97. The maximum atomic E-state index is 13.2. The number of carbonyl (C=O) groups is 1. The van der Waals surface area contributed by atoms with Crippen LogP contribution in [0.25, 0.3) is 0 Å². The van der Waals surface area contributed by atoms with E-state index in [1.807, 2.05) is 0 Å². The minimum absolute atomic E-state index is 0.179. The fourth-order valence-corrected chi connectivity index (χ4v) is 1.15. The van der Waals surface area contributed by atoms with Gasteiger partial charge in [-0.1, -0.05) is 16.8 Å². The van der Waals surface area contributed by atoms with Gasteiger partial charge in [-0.25, -0.2) is 4.39 Å². The molecule has 0 saturated carbocycles. The maximum Gasteiger partial charge on any atom is 0.254 e. The normalized spacial score (nSPS) is 11.2. The number of halogens is 2. The third kappa shape index (κ3) is 3.09. The second kappa shape index (κ2) is 5.32. The van der Waals surface area contributed by atoms with Crippen LogP contribution in [0.15, 0.2) is 23.4 Å². The number of hydrogen-bond acceptors (Lipinski definition) is 3. The molecule has 1 amide bonds. The van der Waals surface area contributed by atoms with Gasteiger partial charge in [0.05, 0.1) is 12.1 Å². The van der Waals surface area contributed by atoms with E-state index in [0.29, 0.717) is 0 Å². The van der Waals surface area contributed by atoms with Crippen LogP contribution in [0, 0.1) is 5.82 Å². The van der Waals surface area contributed by atoms with Crippen LogP contribution in [-0.4, -0.2) is 23.5 Å². The Hall–Kier alpha value is -1.82. The largest absolute Gasteiger partial charge is 0.409 e. The molecule has 0 fully saturated rings. The second-order valence-electron chi connectivity index (χ2n) is 2.90. The molecule has 0 unspecified atom stereocenters. The number of nitrogens with two attached hydrogens (primary N) is 1. The number of oxime groups is 1. The molecule has 5 nitrogen and oxygen atoms in total. The first-order valence-electron chi connectivity index (χ1n) is 4.24. The molecule has 0 atom stereocenters. The summed E-state index contributed by atoms with van der Waals surface area (Å²) in [4.78, 5) is 11.4. The molecule has 1 rings (SSSR count). The van der Waals surface area contributed by atoms with Crippen molar-refractivity contribution >= 4 is 23.3 Å². The summed E-state index contributed by atoms with van der Waals surface area (Å²) >= 11 is 5.62. The lowest BCUT2D eigenvalue weighted by molar-refractivity contribution is 0.0955. The highest BCUT2D eigenvalue weighted by molar-refractivity contribution is 6.31. The van der Waals surface area contributed by atoms with Gasteiger partial charge in [-0.3, -0.25) is 4.79 Å². The standard InChI is InChI=1S/C9H9ClFN3O2/c10-5-1-2-7(11)6(3-5)9(15)13-4-8(12)14-16/h1-3,16H,4H2,(H2,12,14)(H,13,15). The van der Waals surface area contributed by atoms with E-state index in [0.717, 1.165) is 6.07 Å². The lowest BCUT2D eigenvalue weighted by Crippen LogP contribution is -2.33. The highest BCUT2D eigenvalue weighted by Gasteiger charge is 2.12. The smallest absolute Gasteiger partial charge is 0.254 e. The molecule has 0 aliphatic carbocycles. The highest BCUT2D eigenvalue weighted by atomic mass is 35.5. The van der Waals surface area contributed by atoms with E-state index >= 15 is 0 Å². The fourth-order valence-electron chi connectivity index (χ4n) is 0.973. The molecule has 16 heavy (non-hydrogen) atoms. The Morgan fingerprint density at radius 3 is 2.94 bits per heavy atom. The average Bonchev–Trinajstić information content (AvgIpc) is 2.28. The van der Waals surface area contributed by atoms with Gasteiger partial charge in [0.2, 0.25) is 0 Å². The van der Waals surface area contributed by atoms with Crippen molar-refractivity contribution in [1.29, 1.82) is 0 Å². The molecule has 86 valence electrons. The lowest BCUT2D eigenvalue weighted by atomic mass is 10.2. The Balaban J connectivity index is 2.77. The lowest BCUT2D eigenvalue weighted by Gasteiger charge is -2.05. The van der Waals surface area contributed by atoms with Crippen LogP contribution in [0.3, 0.4) is 0 Å². The van der Waals surface area contributed by atoms with E-state index in [-0.39, 0.29) is 23.0 Å². The number of hydrogen-bond donors (Lipinski definition) is 3. The van der Waals surface area contributed by atoms with Crippen molar-refractivity contribution in [2.24, 2.45) is 10.9 Å². The van der Waals surface area contributed by atoms with Crippen molar-refractivity contribution in [3.8, 4) is 0 Å². The van der Waals surface area contributed by atoms with E-state index < -0.39 is 11.7 Å². The molecule has 0 radical (unpaired) electrons. The quantitative estimate of drug-likeness (QED) is 0.321. The first-order chi connectivity index (χ1) is 7.54. The molecule has 1 aromatic rings. The van der Waals surface area contributed by atoms with Gasteiger partial charge in [0.1, 0.15) is 5.82 Å². The van der Waals surface area contributed by atoms with E-state index in [1.54, 1.807) is 0 Å². The number of nitrogens with zero attached hydrogens (tertiary/aromatic N) is 1. The Bertz CT molecular complexity index is 437. The van der Waals surface area contributed by atoms with E-state index in [1.165, 1.54) is 12.1 Å². The summed E-state index contributed by atoms with van der Waals surface area (Å²) in [6.07, 6.45) is 0. The van der Waals surface area contributed by atoms with Crippen LogP contribution in [0.5, 0.6) is 0 Å². The Morgan fingerprint density at radius 1 is 1.62 bits per heavy atom. The molecule has 0 aromatic heterocycles. The molecule has 0 spiro atoms. The van der Waals surface area contributed by atoms with Gasteiger partial charge in [0.25, 0.3) is 5.91 Å². The summed E-state index contributed by atoms with van der Waals surface area (Å²) in [6.45, 7) is -0.179. The molecule has 0 bridgehead atoms. The zero-order chi connectivity index (χ0) is 12.1. The van der Waals surface area contributed by atoms with Crippen molar-refractivity contribution in [3.63, 3.8) is 0 Å². The molecule has 0 saturated heterocycles. The fraction of sp³-hybridized carbons (Fsp3) is 0.111. The number of amidine groups is 1. The molecule has 0 aliphatic rings. The van der Waals surface area contributed by atoms with Gasteiger partial charge in [-0.15, -0.1) is 0 Å². The summed E-state index contributed by atoms with van der Waals surface area (Å²) in [5, 5.41) is 13.4. The summed E-state index contributed by atoms with van der Waals surface area (Å²) in [5.41, 5.74) is 4.94. The van der Waals surface area contributed by atoms with Gasteiger partial charge < -0.3 is 16.3 Å². The summed E-state index contributed by atoms with van der Waals surface area (Å²) in [6, 6.07) is 3.61. The first-order valence-corrected chi connectivity index (χ1v) is 4.62. The van der Waals surface area contributed by atoms with Crippen molar-refractivity contribution in [1.82, 2.24) is 5.32 Å². The Kier molecular flexibility index (Phi) is 4.07. The average molecular weight is 246 g/mol. The summed E-state index contributed by atoms with van der Waals surface area (Å²) in [7, 11) is 0. The molecule has 1 aromatic carbocycles. The van der Waals surface area contributed by atoms with Gasteiger partial charge in [-0.05, 0) is 18.2 Å². The van der Waals surface area contributed by atoms with Crippen LogP contribution in [-0.2, 0) is 0 Å². The zero-order valence-electron chi connectivity index (χ0n) is 8.08. The van der Waals surface area contributed by atoms with Gasteiger partial charge in [0.15, 0.2) is 5.84 Å². The van der Waals surface area contributed by atoms with Crippen molar-refractivity contribution < 1.29 is 14.4 Å². The number of nitrogens with one attached hydrogen (secondary N) is 1. The number of rotatable bonds is 3. The van der Waals surface area contributed by atoms with Crippen LogP contribution < -0.4 is 11.1 Å². The van der Waals surface area contributed by atoms with Gasteiger partial charge in [0, 0.05) is 5.02 Å². The number of carbonyl (C=O) groups excluding carboxylic acids is 1. The van der Waals surface area contributed by atoms with Crippen molar-refractivity contribution in [2.45, 2.75) is 0 Å². The van der Waals surface area contributed by atoms with Crippen LogP contribution >= 0.6 is 11.6 Å². The van der Waals surface area contributed by atoms with Gasteiger partial charge in [-0.2, -0.15) is 0 Å². The SMILES string of the molecule is N/C(CNC(=O)c1cc(Cl)ccc1F)=N\O. The number of amides is 1. The van der Waals surface area contributed by atoms with E-state index in [2.05, 4.69) is 10.5 Å². The van der Waals surface area contributed by atoms with E-state index in [4.69, 9.17) is 22.5 Å². The maximum absolute atomic E-state index is 13.2. The summed E-state index contributed by atoms with van der Waals surface area (Å²) < 4.78 is 13.2. The third-order valence-electron chi connectivity index (χ3n) is 1.73. The number of benzene rings is 1. The van der Waals surface area contributed by atoms with Gasteiger partial charge >= 0.3 is 0 Å². The predicted molar refractivity (Wildman–Crippen MR) is 57.2 cm³/mol. The molecule has 4 N–H and O–H groups in total. The molecular formula is C9H9ClFN3O2. The topological polar surface area (TPSA) is 87.7 Å². The van der Waals surface area contributed by atoms with Crippen molar-refractivity contribution in [3.05, 3.63) is 34.6 Å². The molecule has 0 aliphatic heterocycles. The van der Waals surface area contributed by atoms with Crippen LogP contribution in [0.4, 0.5) is 4.39 Å². The van der Waals surface area contributed by atoms with E-state index in [9.17, 15) is 9.18 Å². The minimum Gasteiger partial charge on any atom is -0.409 e. The Morgan fingerprint density at radius 2 is 2.31 bits per heavy atom. The summed E-state index contributed by atoms with van der Waals surface area (Å²) in [5.74, 6) is -1.57. The Labute approximate surface area is 95.7 Å². The van der Waals surface area contributed by atoms with Crippen LogP contribution in [0.1, 0.15) is 10.4 Å². The first kappa shape index (κ1) is 12.3. The van der Waals surface area contributed by atoms with Crippen LogP contribution in [0.2, 0.25) is 5.02 Å². The minimum atomic E-state index is -0.693. The zero-order valence-corrected chi connectivity index (χ0v) is 8.83. The molecule has 7 heteroatoms. The van der Waals surface area contributed by atoms with Crippen molar-refractivity contribution in [2.75, 3.05) is 6.54 Å².